The predicted octanol–water partition coefficient (Wildman–Crippen LogP) is 1.21. The Kier molecular flexibility index (Phi) is 5.70. The molecule has 1 aromatic rings. The molecule has 0 heterocycles. The number of aliphatic carboxylic acids is 1. The number of aliphatic hydroxyl groups excluding tert-OH is 1. The van der Waals surface area contributed by atoms with E-state index in [4.69, 9.17) is 5.11 Å². The van der Waals surface area contributed by atoms with Crippen molar-refractivity contribution < 1.29 is 19.8 Å². The van der Waals surface area contributed by atoms with Gasteiger partial charge in [0.2, 0.25) is 5.91 Å². The lowest BCUT2D eigenvalue weighted by Crippen LogP contribution is -2.42. The van der Waals surface area contributed by atoms with Gasteiger partial charge in [0, 0.05) is 6.42 Å². The standard InChI is InChI=1S/C15H21NO4/c1-15(2,14(19)20)9-13(18)16-12(10-17)8-11-6-4-3-5-7-11/h3-7,12,17H,8-10H2,1-2H3,(H,16,18)(H,19,20)/t12-/m0/s1. The smallest absolute Gasteiger partial charge is 0.309 e. The highest BCUT2D eigenvalue weighted by Gasteiger charge is 2.30. The molecule has 3 N–H and O–H groups in total. The van der Waals surface area contributed by atoms with Crippen LogP contribution in [0, 0.1) is 5.41 Å². The summed E-state index contributed by atoms with van der Waals surface area (Å²) in [6.45, 7) is 2.81. The summed E-state index contributed by atoms with van der Waals surface area (Å²) in [6, 6.07) is 9.09. The number of nitrogens with one attached hydrogen (secondary N) is 1. The minimum atomic E-state index is -1.11. The number of carboxylic acid groups (broad SMARTS) is 1. The quantitative estimate of drug-likeness (QED) is 0.700. The van der Waals surface area contributed by atoms with Crippen molar-refractivity contribution in [3.8, 4) is 0 Å². The third kappa shape index (κ3) is 5.01. The second kappa shape index (κ2) is 7.05. The molecule has 0 aliphatic carbocycles. The molecule has 0 fully saturated rings. The molecular formula is C15H21NO4. The second-order valence-corrected chi connectivity index (χ2v) is 5.50. The summed E-state index contributed by atoms with van der Waals surface area (Å²) < 4.78 is 0. The Labute approximate surface area is 118 Å². The van der Waals surface area contributed by atoms with Gasteiger partial charge in [0.1, 0.15) is 0 Å². The first-order chi connectivity index (χ1) is 9.35. The monoisotopic (exact) mass is 279 g/mol. The predicted molar refractivity (Wildman–Crippen MR) is 75.2 cm³/mol. The number of rotatable bonds is 7. The summed E-state index contributed by atoms with van der Waals surface area (Å²) in [4.78, 5) is 22.8. The molecule has 1 atom stereocenters. The fraction of sp³-hybridized carbons (Fsp3) is 0.467. The Morgan fingerprint density at radius 1 is 1.25 bits per heavy atom. The van der Waals surface area contributed by atoms with Crippen LogP contribution in [0.3, 0.4) is 0 Å². The maximum absolute atomic E-state index is 11.8. The number of benzene rings is 1. The Morgan fingerprint density at radius 2 is 1.85 bits per heavy atom. The maximum Gasteiger partial charge on any atom is 0.309 e. The zero-order valence-electron chi connectivity index (χ0n) is 11.8. The molecule has 0 aliphatic heterocycles. The van der Waals surface area contributed by atoms with Crippen LogP contribution in [0.1, 0.15) is 25.8 Å². The van der Waals surface area contributed by atoms with E-state index in [-0.39, 0.29) is 18.9 Å². The van der Waals surface area contributed by atoms with Gasteiger partial charge in [-0.05, 0) is 25.8 Å². The Morgan fingerprint density at radius 3 is 2.35 bits per heavy atom. The van der Waals surface area contributed by atoms with Crippen LogP contribution in [0.25, 0.3) is 0 Å². The molecule has 1 rings (SSSR count). The van der Waals surface area contributed by atoms with Crippen molar-refractivity contribution in [3.63, 3.8) is 0 Å². The van der Waals surface area contributed by atoms with E-state index in [0.29, 0.717) is 6.42 Å². The number of hydrogen-bond acceptors (Lipinski definition) is 3. The van der Waals surface area contributed by atoms with E-state index in [0.717, 1.165) is 5.56 Å². The van der Waals surface area contributed by atoms with Gasteiger partial charge in [-0.1, -0.05) is 30.3 Å². The minimum absolute atomic E-state index is 0.117. The lowest BCUT2D eigenvalue weighted by molar-refractivity contribution is -0.149. The van der Waals surface area contributed by atoms with E-state index in [1.165, 1.54) is 13.8 Å². The van der Waals surface area contributed by atoms with Gasteiger partial charge in [-0.15, -0.1) is 0 Å². The van der Waals surface area contributed by atoms with Gasteiger partial charge in [-0.3, -0.25) is 9.59 Å². The third-order valence-electron chi connectivity index (χ3n) is 3.09. The molecule has 20 heavy (non-hydrogen) atoms. The van der Waals surface area contributed by atoms with Crippen LogP contribution in [0.15, 0.2) is 30.3 Å². The number of carbonyl (C=O) groups is 2. The Hall–Kier alpha value is -1.88. The van der Waals surface area contributed by atoms with Crippen LogP contribution in [0.2, 0.25) is 0 Å². The van der Waals surface area contributed by atoms with Gasteiger partial charge < -0.3 is 15.5 Å². The normalized spacial score (nSPS) is 12.8. The topological polar surface area (TPSA) is 86.6 Å². The molecule has 0 bridgehead atoms. The summed E-state index contributed by atoms with van der Waals surface area (Å²) in [5.74, 6) is -1.39. The van der Waals surface area contributed by atoms with Crippen molar-refractivity contribution in [2.24, 2.45) is 5.41 Å². The first kappa shape index (κ1) is 16.2. The largest absolute Gasteiger partial charge is 0.481 e. The van der Waals surface area contributed by atoms with Gasteiger partial charge in [0.05, 0.1) is 18.1 Å². The minimum Gasteiger partial charge on any atom is -0.481 e. The summed E-state index contributed by atoms with van der Waals surface area (Å²) in [5.41, 5.74) is -0.110. The van der Waals surface area contributed by atoms with Crippen molar-refractivity contribution in [1.29, 1.82) is 0 Å². The van der Waals surface area contributed by atoms with Crippen molar-refractivity contribution in [2.45, 2.75) is 32.7 Å². The molecule has 0 aliphatic rings. The van der Waals surface area contributed by atoms with E-state index in [1.807, 2.05) is 30.3 Å². The lowest BCUT2D eigenvalue weighted by Gasteiger charge is -2.21. The molecule has 0 saturated carbocycles. The molecule has 1 aromatic carbocycles. The van der Waals surface area contributed by atoms with Gasteiger partial charge in [0.15, 0.2) is 0 Å². The van der Waals surface area contributed by atoms with Crippen LogP contribution >= 0.6 is 0 Å². The van der Waals surface area contributed by atoms with E-state index in [9.17, 15) is 14.7 Å². The number of hydrogen-bond donors (Lipinski definition) is 3. The van der Waals surface area contributed by atoms with Gasteiger partial charge >= 0.3 is 5.97 Å². The number of carbonyl (C=O) groups excluding carboxylic acids is 1. The number of amides is 1. The second-order valence-electron chi connectivity index (χ2n) is 5.50. The average molecular weight is 279 g/mol. The molecular weight excluding hydrogens is 258 g/mol. The van der Waals surface area contributed by atoms with Crippen LogP contribution in [0.4, 0.5) is 0 Å². The molecule has 0 saturated heterocycles. The average Bonchev–Trinajstić information content (AvgIpc) is 2.38. The van der Waals surface area contributed by atoms with Crippen molar-refractivity contribution >= 4 is 11.9 Å². The third-order valence-corrected chi connectivity index (χ3v) is 3.09. The summed E-state index contributed by atoms with van der Waals surface area (Å²) in [5, 5.41) is 21.0. The zero-order chi connectivity index (χ0) is 15.2. The summed E-state index contributed by atoms with van der Waals surface area (Å²) >= 11 is 0. The van der Waals surface area contributed by atoms with E-state index < -0.39 is 17.4 Å². The van der Waals surface area contributed by atoms with Crippen molar-refractivity contribution in [1.82, 2.24) is 5.32 Å². The number of carboxylic acids is 1. The maximum atomic E-state index is 11.8. The summed E-state index contributed by atoms with van der Waals surface area (Å²) in [6.07, 6.45) is 0.393. The molecule has 110 valence electrons. The van der Waals surface area contributed by atoms with Crippen LogP contribution in [-0.2, 0) is 16.0 Å². The SMILES string of the molecule is CC(C)(CC(=O)N[C@H](CO)Cc1ccccc1)C(=O)O. The van der Waals surface area contributed by atoms with E-state index >= 15 is 0 Å². The highest BCUT2D eigenvalue weighted by molar-refractivity contribution is 5.84. The molecule has 0 aromatic heterocycles. The van der Waals surface area contributed by atoms with Crippen LogP contribution in [-0.4, -0.2) is 34.7 Å². The van der Waals surface area contributed by atoms with Crippen LogP contribution < -0.4 is 5.32 Å². The highest BCUT2D eigenvalue weighted by atomic mass is 16.4. The Bertz CT molecular complexity index is 456. The number of aliphatic hydroxyl groups is 1. The first-order valence-electron chi connectivity index (χ1n) is 6.52. The molecule has 5 nitrogen and oxygen atoms in total. The molecule has 5 heteroatoms. The molecule has 0 radical (unpaired) electrons. The lowest BCUT2D eigenvalue weighted by atomic mass is 9.89. The Balaban J connectivity index is 2.56. The van der Waals surface area contributed by atoms with Crippen molar-refractivity contribution in [2.75, 3.05) is 6.61 Å². The fourth-order valence-corrected chi connectivity index (χ4v) is 1.82. The summed E-state index contributed by atoms with van der Waals surface area (Å²) in [7, 11) is 0. The van der Waals surface area contributed by atoms with E-state index in [1.54, 1.807) is 0 Å². The zero-order valence-corrected chi connectivity index (χ0v) is 11.8. The van der Waals surface area contributed by atoms with Gasteiger partial charge in [-0.25, -0.2) is 0 Å². The van der Waals surface area contributed by atoms with Gasteiger partial charge in [-0.2, -0.15) is 0 Å². The molecule has 0 spiro atoms. The van der Waals surface area contributed by atoms with Gasteiger partial charge in [0.25, 0.3) is 0 Å². The molecule has 1 amide bonds. The van der Waals surface area contributed by atoms with Crippen molar-refractivity contribution in [3.05, 3.63) is 35.9 Å². The molecule has 0 unspecified atom stereocenters. The van der Waals surface area contributed by atoms with E-state index in [2.05, 4.69) is 5.32 Å². The first-order valence-corrected chi connectivity index (χ1v) is 6.52. The fourth-order valence-electron chi connectivity index (χ4n) is 1.82. The highest BCUT2D eigenvalue weighted by Crippen LogP contribution is 2.20. The van der Waals surface area contributed by atoms with Crippen LogP contribution in [0.5, 0.6) is 0 Å².